The number of ether oxygens (including phenoxy) is 2. The molecular formula is C22H31NO4S. The first-order valence-electron chi connectivity index (χ1n) is 9.20. The van der Waals surface area contributed by atoms with E-state index in [-0.39, 0.29) is 12.0 Å². The first kappa shape index (κ1) is 22.2. The number of hydrogen-bond acceptors (Lipinski definition) is 4. The van der Waals surface area contributed by atoms with Crippen LogP contribution in [0.1, 0.15) is 43.0 Å². The molecule has 0 aliphatic heterocycles. The number of benzene rings is 2. The van der Waals surface area contributed by atoms with Gasteiger partial charge in [0.1, 0.15) is 0 Å². The normalized spacial score (nSPS) is 12.3. The molecule has 0 aliphatic rings. The van der Waals surface area contributed by atoms with Crippen LogP contribution in [-0.2, 0) is 22.0 Å². The van der Waals surface area contributed by atoms with Gasteiger partial charge in [-0.25, -0.2) is 8.42 Å². The number of nitrogens with zero attached hydrogens (tertiary/aromatic N) is 1. The Morgan fingerprint density at radius 2 is 1.46 bits per heavy atom. The molecule has 154 valence electrons. The Bertz CT molecular complexity index is 936. The Morgan fingerprint density at radius 1 is 0.929 bits per heavy atom. The fourth-order valence-corrected chi connectivity index (χ4v) is 4.83. The zero-order chi connectivity index (χ0) is 21.3. The van der Waals surface area contributed by atoms with Crippen molar-refractivity contribution in [3.05, 3.63) is 52.6 Å². The van der Waals surface area contributed by atoms with E-state index in [0.29, 0.717) is 16.4 Å². The quantitative estimate of drug-likeness (QED) is 0.713. The molecule has 28 heavy (non-hydrogen) atoms. The molecule has 0 heterocycles. The van der Waals surface area contributed by atoms with Crippen LogP contribution >= 0.6 is 0 Å². The van der Waals surface area contributed by atoms with Gasteiger partial charge < -0.3 is 9.47 Å². The van der Waals surface area contributed by atoms with Gasteiger partial charge in [-0.1, -0.05) is 39.0 Å². The molecule has 0 spiro atoms. The lowest BCUT2D eigenvalue weighted by Crippen LogP contribution is -2.28. The van der Waals surface area contributed by atoms with E-state index in [1.165, 1.54) is 4.31 Å². The molecule has 0 bridgehead atoms. The lowest BCUT2D eigenvalue weighted by atomic mass is 9.85. The maximum Gasteiger partial charge on any atom is 0.243 e. The van der Waals surface area contributed by atoms with E-state index in [9.17, 15) is 8.42 Å². The van der Waals surface area contributed by atoms with Crippen LogP contribution in [0.5, 0.6) is 11.5 Å². The Hall–Kier alpha value is -2.05. The van der Waals surface area contributed by atoms with Crippen molar-refractivity contribution in [2.24, 2.45) is 0 Å². The molecule has 6 heteroatoms. The van der Waals surface area contributed by atoms with Crippen molar-refractivity contribution >= 4 is 10.0 Å². The third-order valence-electron chi connectivity index (χ3n) is 4.85. The van der Waals surface area contributed by atoms with Gasteiger partial charge in [0.2, 0.25) is 10.0 Å². The van der Waals surface area contributed by atoms with Crippen LogP contribution in [0.25, 0.3) is 0 Å². The van der Waals surface area contributed by atoms with E-state index in [4.69, 9.17) is 9.47 Å². The highest BCUT2D eigenvalue weighted by atomic mass is 32.2. The summed E-state index contributed by atoms with van der Waals surface area (Å²) in [5, 5.41) is 0. The lowest BCUT2D eigenvalue weighted by molar-refractivity contribution is 0.354. The SMILES string of the molecule is COc1ccc(CN(C)S(=O)(=O)c2c(C)cc(C(C)(C)C)cc2C)cc1OC. The van der Waals surface area contributed by atoms with Crippen molar-refractivity contribution in [1.82, 2.24) is 4.31 Å². The monoisotopic (exact) mass is 405 g/mol. The highest BCUT2D eigenvalue weighted by Crippen LogP contribution is 2.32. The predicted molar refractivity (Wildman–Crippen MR) is 113 cm³/mol. The van der Waals surface area contributed by atoms with Crippen LogP contribution < -0.4 is 9.47 Å². The second-order valence-electron chi connectivity index (χ2n) is 8.14. The van der Waals surface area contributed by atoms with Crippen molar-refractivity contribution in [3.63, 3.8) is 0 Å². The van der Waals surface area contributed by atoms with Crippen LogP contribution in [0.4, 0.5) is 0 Å². The topological polar surface area (TPSA) is 55.8 Å². The summed E-state index contributed by atoms with van der Waals surface area (Å²) in [6.45, 7) is 10.3. The van der Waals surface area contributed by atoms with Crippen molar-refractivity contribution in [2.45, 2.75) is 51.5 Å². The highest BCUT2D eigenvalue weighted by molar-refractivity contribution is 7.89. The highest BCUT2D eigenvalue weighted by Gasteiger charge is 2.27. The number of rotatable bonds is 6. The van der Waals surface area contributed by atoms with Crippen molar-refractivity contribution < 1.29 is 17.9 Å². The molecule has 0 N–H and O–H groups in total. The summed E-state index contributed by atoms with van der Waals surface area (Å²) in [5.74, 6) is 1.19. The summed E-state index contributed by atoms with van der Waals surface area (Å²) in [7, 11) is 1.10. The number of aryl methyl sites for hydroxylation is 2. The molecule has 0 amide bonds. The molecule has 0 fully saturated rings. The fourth-order valence-electron chi connectivity index (χ4n) is 3.27. The van der Waals surface area contributed by atoms with Crippen molar-refractivity contribution in [1.29, 1.82) is 0 Å². The molecule has 0 aromatic heterocycles. The molecule has 2 aromatic carbocycles. The standard InChI is InChI=1S/C22H31NO4S/c1-15-11-18(22(3,4)5)12-16(2)21(15)28(24,25)23(6)14-17-9-10-19(26-7)20(13-17)27-8/h9-13H,14H2,1-8H3. The molecule has 0 atom stereocenters. The van der Waals surface area contributed by atoms with Gasteiger partial charge in [0, 0.05) is 13.6 Å². The number of hydrogen-bond donors (Lipinski definition) is 0. The largest absolute Gasteiger partial charge is 0.493 e. The zero-order valence-electron chi connectivity index (χ0n) is 18.1. The molecule has 2 aromatic rings. The van der Waals surface area contributed by atoms with Crippen LogP contribution in [0.15, 0.2) is 35.2 Å². The maximum absolute atomic E-state index is 13.3. The first-order valence-corrected chi connectivity index (χ1v) is 10.6. The fraction of sp³-hybridized carbons (Fsp3) is 0.455. The van der Waals surface area contributed by atoms with Crippen LogP contribution in [-0.4, -0.2) is 34.0 Å². The summed E-state index contributed by atoms with van der Waals surface area (Å²) in [4.78, 5) is 0.378. The predicted octanol–water partition coefficient (Wildman–Crippen LogP) is 4.44. The van der Waals surface area contributed by atoms with E-state index in [2.05, 4.69) is 20.8 Å². The van der Waals surface area contributed by atoms with Gasteiger partial charge in [0.05, 0.1) is 19.1 Å². The van der Waals surface area contributed by atoms with E-state index in [1.54, 1.807) is 33.4 Å². The van der Waals surface area contributed by atoms with E-state index in [1.807, 2.05) is 32.0 Å². The number of sulfonamides is 1. The van der Waals surface area contributed by atoms with Crippen LogP contribution in [0.3, 0.4) is 0 Å². The molecule has 0 saturated heterocycles. The maximum atomic E-state index is 13.3. The first-order chi connectivity index (χ1) is 12.9. The third kappa shape index (κ3) is 4.50. The minimum atomic E-state index is -3.63. The molecule has 0 aliphatic carbocycles. The summed E-state index contributed by atoms with van der Waals surface area (Å²) in [6.07, 6.45) is 0. The Labute approximate surface area is 169 Å². The molecule has 0 saturated carbocycles. The summed E-state index contributed by atoms with van der Waals surface area (Å²) < 4.78 is 38.5. The van der Waals surface area contributed by atoms with Gasteiger partial charge in [0.15, 0.2) is 11.5 Å². The molecule has 0 unspecified atom stereocenters. The van der Waals surface area contributed by atoms with Gasteiger partial charge in [-0.15, -0.1) is 0 Å². The van der Waals surface area contributed by atoms with Crippen molar-refractivity contribution in [3.8, 4) is 11.5 Å². The Balaban J connectivity index is 2.39. The molecule has 5 nitrogen and oxygen atoms in total. The smallest absolute Gasteiger partial charge is 0.243 e. The molecule has 2 rings (SSSR count). The van der Waals surface area contributed by atoms with Gasteiger partial charge in [-0.05, 0) is 53.6 Å². The van der Waals surface area contributed by atoms with Gasteiger partial charge >= 0.3 is 0 Å². The third-order valence-corrected chi connectivity index (χ3v) is 6.96. The second-order valence-corrected chi connectivity index (χ2v) is 10.1. The van der Waals surface area contributed by atoms with Crippen LogP contribution in [0.2, 0.25) is 0 Å². The number of methoxy groups -OCH3 is 2. The minimum absolute atomic E-state index is 0.0383. The second kappa shape index (κ2) is 8.13. The van der Waals surface area contributed by atoms with Crippen LogP contribution in [0, 0.1) is 13.8 Å². The lowest BCUT2D eigenvalue weighted by Gasteiger charge is -2.24. The van der Waals surface area contributed by atoms with Crippen molar-refractivity contribution in [2.75, 3.05) is 21.3 Å². The van der Waals surface area contributed by atoms with E-state index >= 15 is 0 Å². The summed E-state index contributed by atoms with van der Waals surface area (Å²) >= 11 is 0. The van der Waals surface area contributed by atoms with Gasteiger partial charge in [0.25, 0.3) is 0 Å². The van der Waals surface area contributed by atoms with E-state index in [0.717, 1.165) is 22.3 Å². The Kier molecular flexibility index (Phi) is 6.46. The molecular weight excluding hydrogens is 374 g/mol. The summed E-state index contributed by atoms with van der Waals surface area (Å²) in [6, 6.07) is 9.38. The average Bonchev–Trinajstić information content (AvgIpc) is 2.59. The van der Waals surface area contributed by atoms with Gasteiger partial charge in [-0.2, -0.15) is 4.31 Å². The molecule has 0 radical (unpaired) electrons. The zero-order valence-corrected chi connectivity index (χ0v) is 18.9. The van der Waals surface area contributed by atoms with E-state index < -0.39 is 10.0 Å². The summed E-state index contributed by atoms with van der Waals surface area (Å²) in [5.41, 5.74) is 3.45. The average molecular weight is 406 g/mol. The van der Waals surface area contributed by atoms with Gasteiger partial charge in [-0.3, -0.25) is 0 Å². The minimum Gasteiger partial charge on any atom is -0.493 e. The Morgan fingerprint density at radius 3 is 1.93 bits per heavy atom.